The van der Waals surface area contributed by atoms with E-state index in [0.29, 0.717) is 5.56 Å². The summed E-state index contributed by atoms with van der Waals surface area (Å²) in [6, 6.07) is 12.4. The number of ketones is 1. The number of hydrogen-bond donors (Lipinski definition) is 3. The molecule has 2 atom stereocenters. The number of urea groups is 1. The summed E-state index contributed by atoms with van der Waals surface area (Å²) in [5, 5.41) is 14.2. The number of amides is 3. The van der Waals surface area contributed by atoms with Crippen LogP contribution >= 0.6 is 0 Å². The van der Waals surface area contributed by atoms with Gasteiger partial charge in [-0.05, 0) is 35.6 Å². The molecular weight excluding hydrogens is 433 g/mol. The van der Waals surface area contributed by atoms with Gasteiger partial charge < -0.3 is 20.6 Å². The summed E-state index contributed by atoms with van der Waals surface area (Å²) in [5.74, 6) is -2.20. The van der Waals surface area contributed by atoms with Crippen LogP contribution in [0.3, 0.4) is 0 Å². The Morgan fingerprint density at radius 3 is 2.39 bits per heavy atom. The quantitative estimate of drug-likeness (QED) is 0.430. The third kappa shape index (κ3) is 7.02. The summed E-state index contributed by atoms with van der Waals surface area (Å²) in [7, 11) is 1.48. The zero-order valence-corrected chi connectivity index (χ0v) is 17.9. The van der Waals surface area contributed by atoms with Crippen molar-refractivity contribution >= 4 is 53.2 Å². The summed E-state index contributed by atoms with van der Waals surface area (Å²) < 4.78 is 0. The number of likely N-dealkylation sites (N-methyl/N-ethyl adjacent to an activating group) is 1. The number of nitrogens with zero attached hydrogens (tertiary/aromatic N) is 1. The van der Waals surface area contributed by atoms with E-state index in [1.165, 1.54) is 35.4 Å². The van der Waals surface area contributed by atoms with Crippen LogP contribution in [-0.2, 0) is 20.8 Å². The number of nitrogens with one attached hydrogen (secondary N) is 2. The first-order valence-electron chi connectivity index (χ1n) is 10.2. The van der Waals surface area contributed by atoms with Gasteiger partial charge in [0.25, 0.3) is 5.91 Å². The molecule has 0 radical (unpaired) electrons. The van der Waals surface area contributed by atoms with E-state index in [2.05, 4.69) is 16.7 Å². The molecule has 1 aliphatic heterocycles. The molecule has 9 heteroatoms. The summed E-state index contributed by atoms with van der Waals surface area (Å²) >= 11 is 0. The Kier molecular flexibility index (Phi) is 9.40. The third-order valence-corrected chi connectivity index (χ3v) is 5.34. The van der Waals surface area contributed by atoms with Crippen molar-refractivity contribution in [1.82, 2.24) is 15.5 Å². The van der Waals surface area contributed by atoms with Crippen LogP contribution in [0.5, 0.6) is 0 Å². The number of carbonyl (C=O) groups is 4. The van der Waals surface area contributed by atoms with Crippen LogP contribution in [0.4, 0.5) is 4.79 Å². The molecule has 2 aromatic carbocycles. The van der Waals surface area contributed by atoms with Crippen molar-refractivity contribution in [2.24, 2.45) is 0 Å². The van der Waals surface area contributed by atoms with Gasteiger partial charge in [0.1, 0.15) is 0 Å². The molecule has 2 aromatic rings. The van der Waals surface area contributed by atoms with E-state index in [-0.39, 0.29) is 36.0 Å². The molecule has 8 nitrogen and oxygen atoms in total. The van der Waals surface area contributed by atoms with Gasteiger partial charge in [0.05, 0.1) is 12.5 Å². The van der Waals surface area contributed by atoms with Crippen molar-refractivity contribution in [2.45, 2.75) is 31.8 Å². The number of aryl methyl sites for hydroxylation is 1. The Hall–Kier alpha value is -2.94. The molecule has 0 aliphatic carbocycles. The van der Waals surface area contributed by atoms with Gasteiger partial charge in [-0.1, -0.05) is 48.5 Å². The molecule has 168 valence electrons. The molecule has 0 aromatic heterocycles. The Labute approximate surface area is 214 Å². The standard InChI is InChI=1S/C24H25N3O5.Na.H/c1-15-5-3-4-6-18(15)13-16-7-9-17(10-8-16)19(14-21(29)30)25-24(32)26-22-20(28)11-12-27(2)23(22)31;;/h3-12,19,22H,13-14H2,1-2H3,(H,29,30)(H2,25,26,32);;. The Morgan fingerprint density at radius 1 is 1.09 bits per heavy atom. The van der Waals surface area contributed by atoms with E-state index < -0.39 is 35.8 Å². The second-order valence-corrected chi connectivity index (χ2v) is 7.71. The molecule has 0 fully saturated rings. The minimum atomic E-state index is -1.34. The molecule has 0 spiro atoms. The molecule has 3 rings (SSSR count). The molecule has 1 aliphatic rings. The maximum atomic E-state index is 12.5. The van der Waals surface area contributed by atoms with Gasteiger partial charge >= 0.3 is 41.6 Å². The van der Waals surface area contributed by atoms with Crippen LogP contribution in [0.1, 0.15) is 34.7 Å². The number of carboxylic acids is 1. The second kappa shape index (κ2) is 11.8. The SMILES string of the molecule is Cc1ccccc1Cc1ccc(C(CC(=O)O)NC(=O)NC2C(=O)C=CN(C)C2=O)cc1.[NaH]. The van der Waals surface area contributed by atoms with Crippen LogP contribution in [0.15, 0.2) is 60.8 Å². The fourth-order valence-corrected chi connectivity index (χ4v) is 3.47. The van der Waals surface area contributed by atoms with E-state index in [1.807, 2.05) is 37.3 Å². The van der Waals surface area contributed by atoms with E-state index in [1.54, 1.807) is 12.1 Å². The van der Waals surface area contributed by atoms with Gasteiger partial charge in [-0.2, -0.15) is 0 Å². The summed E-state index contributed by atoms with van der Waals surface area (Å²) in [6.07, 6.45) is 2.91. The normalized spacial score (nSPS) is 16.1. The fourth-order valence-electron chi connectivity index (χ4n) is 3.47. The number of aliphatic carboxylic acids is 1. The summed E-state index contributed by atoms with van der Waals surface area (Å²) in [5.41, 5.74) is 4.04. The van der Waals surface area contributed by atoms with E-state index in [4.69, 9.17) is 0 Å². The van der Waals surface area contributed by atoms with E-state index in [9.17, 15) is 24.3 Å². The first kappa shape index (κ1) is 26.3. The van der Waals surface area contributed by atoms with Crippen molar-refractivity contribution in [1.29, 1.82) is 0 Å². The molecule has 0 saturated heterocycles. The van der Waals surface area contributed by atoms with Crippen molar-refractivity contribution in [2.75, 3.05) is 7.05 Å². The number of rotatable bonds is 7. The molecule has 1 heterocycles. The zero-order valence-electron chi connectivity index (χ0n) is 17.9. The molecule has 33 heavy (non-hydrogen) atoms. The molecular formula is C24H26N3NaO5. The Bertz CT molecular complexity index is 1070. The van der Waals surface area contributed by atoms with Gasteiger partial charge in [-0.25, -0.2) is 4.79 Å². The van der Waals surface area contributed by atoms with Crippen molar-refractivity contribution in [3.63, 3.8) is 0 Å². The molecule has 2 unspecified atom stereocenters. The average molecular weight is 459 g/mol. The number of carbonyl (C=O) groups excluding carboxylic acids is 3. The van der Waals surface area contributed by atoms with Gasteiger partial charge in [-0.3, -0.25) is 14.4 Å². The van der Waals surface area contributed by atoms with E-state index in [0.717, 1.165) is 12.0 Å². The van der Waals surface area contributed by atoms with Crippen LogP contribution in [0, 0.1) is 6.92 Å². The Morgan fingerprint density at radius 2 is 1.76 bits per heavy atom. The van der Waals surface area contributed by atoms with Crippen LogP contribution in [-0.4, -0.2) is 76.3 Å². The molecule has 0 saturated carbocycles. The van der Waals surface area contributed by atoms with Crippen LogP contribution < -0.4 is 10.6 Å². The number of benzene rings is 2. The molecule has 3 amide bonds. The summed E-state index contributed by atoms with van der Waals surface area (Å²) in [4.78, 5) is 49.1. The maximum absolute atomic E-state index is 12.5. The van der Waals surface area contributed by atoms with E-state index >= 15 is 0 Å². The van der Waals surface area contributed by atoms with Gasteiger partial charge in [0.15, 0.2) is 11.8 Å². The minimum absolute atomic E-state index is 0. The third-order valence-electron chi connectivity index (χ3n) is 5.34. The average Bonchev–Trinajstić information content (AvgIpc) is 2.75. The Balaban J connectivity index is 0.00000385. The van der Waals surface area contributed by atoms with Gasteiger partial charge in [0, 0.05) is 19.3 Å². The van der Waals surface area contributed by atoms with Crippen molar-refractivity contribution < 1.29 is 24.3 Å². The van der Waals surface area contributed by atoms with Crippen LogP contribution in [0.2, 0.25) is 0 Å². The van der Waals surface area contributed by atoms with Crippen molar-refractivity contribution in [3.8, 4) is 0 Å². The van der Waals surface area contributed by atoms with Crippen molar-refractivity contribution in [3.05, 3.63) is 83.1 Å². The fraction of sp³-hybridized carbons (Fsp3) is 0.250. The van der Waals surface area contributed by atoms with Gasteiger partial charge in [-0.15, -0.1) is 0 Å². The first-order valence-corrected chi connectivity index (χ1v) is 10.2. The number of carboxylic acid groups (broad SMARTS) is 1. The monoisotopic (exact) mass is 459 g/mol. The molecule has 3 N–H and O–H groups in total. The van der Waals surface area contributed by atoms with Gasteiger partial charge in [0.2, 0.25) is 0 Å². The topological polar surface area (TPSA) is 116 Å². The molecule has 0 bridgehead atoms. The van der Waals surface area contributed by atoms with Crippen LogP contribution in [0.25, 0.3) is 0 Å². The first-order chi connectivity index (χ1) is 15.2. The second-order valence-electron chi connectivity index (χ2n) is 7.71. The predicted molar refractivity (Wildman–Crippen MR) is 125 cm³/mol. The zero-order chi connectivity index (χ0) is 23.3. The number of hydrogen-bond acceptors (Lipinski definition) is 4. The predicted octanol–water partition coefficient (Wildman–Crippen LogP) is 1.68. The summed E-state index contributed by atoms with van der Waals surface area (Å²) in [6.45, 7) is 2.05.